The van der Waals surface area contributed by atoms with E-state index in [1.165, 1.54) is 0 Å². The molecule has 1 fully saturated rings. The average molecular weight is 352 g/mol. The van der Waals surface area contributed by atoms with Crippen LogP contribution in [-0.4, -0.2) is 40.9 Å². The highest BCUT2D eigenvalue weighted by atomic mass is 16.4. The van der Waals surface area contributed by atoms with Crippen LogP contribution in [0.5, 0.6) is 0 Å². The fourth-order valence-corrected chi connectivity index (χ4v) is 3.00. The number of likely N-dealkylation sites (tertiary alicyclic amines) is 1. The number of benzene rings is 2. The molecule has 0 bridgehead atoms. The van der Waals surface area contributed by atoms with Crippen LogP contribution >= 0.6 is 0 Å². The molecule has 6 nitrogen and oxygen atoms in total. The molecule has 2 aromatic carbocycles. The summed E-state index contributed by atoms with van der Waals surface area (Å²) in [6.07, 6.45) is 0.463. The van der Waals surface area contributed by atoms with Gasteiger partial charge < -0.3 is 15.3 Å². The number of hydrogen-bond acceptors (Lipinski definition) is 3. The quantitative estimate of drug-likeness (QED) is 0.886. The third-order valence-electron chi connectivity index (χ3n) is 4.59. The molecule has 0 spiro atoms. The number of carbonyl (C=O) groups excluding carboxylic acids is 2. The largest absolute Gasteiger partial charge is 0.481 e. The van der Waals surface area contributed by atoms with Crippen LogP contribution in [0.4, 0.5) is 5.69 Å². The maximum Gasteiger partial charge on any atom is 0.308 e. The van der Waals surface area contributed by atoms with Crippen molar-refractivity contribution in [1.82, 2.24) is 4.90 Å². The number of hydrogen-bond donors (Lipinski definition) is 2. The maximum atomic E-state index is 12.7. The molecule has 2 amide bonds. The van der Waals surface area contributed by atoms with Gasteiger partial charge in [0.05, 0.1) is 5.92 Å². The van der Waals surface area contributed by atoms with Crippen LogP contribution in [0.25, 0.3) is 0 Å². The molecule has 1 saturated heterocycles. The highest BCUT2D eigenvalue weighted by Crippen LogP contribution is 2.22. The van der Waals surface area contributed by atoms with Crippen molar-refractivity contribution in [2.45, 2.75) is 13.3 Å². The van der Waals surface area contributed by atoms with Crippen molar-refractivity contribution in [3.8, 4) is 0 Å². The molecule has 26 heavy (non-hydrogen) atoms. The summed E-state index contributed by atoms with van der Waals surface area (Å²) in [6, 6.07) is 14.0. The van der Waals surface area contributed by atoms with Crippen LogP contribution in [0.15, 0.2) is 48.5 Å². The molecular formula is C20H20N2O4. The number of nitrogens with zero attached hydrogens (tertiary/aromatic N) is 1. The highest BCUT2D eigenvalue weighted by Gasteiger charge is 2.31. The number of carboxylic acids is 1. The molecule has 6 heteroatoms. The van der Waals surface area contributed by atoms with Gasteiger partial charge in [-0.25, -0.2) is 0 Å². The number of anilines is 1. The van der Waals surface area contributed by atoms with Gasteiger partial charge in [-0.2, -0.15) is 0 Å². The molecule has 1 atom stereocenters. The van der Waals surface area contributed by atoms with Crippen LogP contribution in [-0.2, 0) is 4.79 Å². The van der Waals surface area contributed by atoms with Crippen molar-refractivity contribution in [3.63, 3.8) is 0 Å². The van der Waals surface area contributed by atoms with E-state index in [0.717, 1.165) is 5.56 Å². The number of nitrogens with one attached hydrogen (secondary N) is 1. The van der Waals surface area contributed by atoms with E-state index < -0.39 is 11.9 Å². The summed E-state index contributed by atoms with van der Waals surface area (Å²) in [6.45, 7) is 2.49. The fraction of sp³-hybridized carbons (Fsp3) is 0.250. The van der Waals surface area contributed by atoms with Crippen LogP contribution < -0.4 is 5.32 Å². The number of aryl methyl sites for hydroxylation is 1. The zero-order valence-electron chi connectivity index (χ0n) is 14.4. The summed E-state index contributed by atoms with van der Waals surface area (Å²) in [5.41, 5.74) is 2.38. The predicted octanol–water partition coefficient (Wildman–Crippen LogP) is 2.79. The van der Waals surface area contributed by atoms with Gasteiger partial charge in [0.15, 0.2) is 0 Å². The van der Waals surface area contributed by atoms with Gasteiger partial charge in [0, 0.05) is 29.9 Å². The van der Waals surface area contributed by atoms with Crippen LogP contribution in [0, 0.1) is 12.8 Å². The number of amides is 2. The lowest BCUT2D eigenvalue weighted by Gasteiger charge is -2.17. The Morgan fingerprint density at radius 1 is 1.08 bits per heavy atom. The van der Waals surface area contributed by atoms with E-state index in [0.29, 0.717) is 29.8 Å². The molecule has 134 valence electrons. The summed E-state index contributed by atoms with van der Waals surface area (Å²) < 4.78 is 0. The van der Waals surface area contributed by atoms with E-state index in [1.807, 2.05) is 13.0 Å². The van der Waals surface area contributed by atoms with Crippen molar-refractivity contribution >= 4 is 23.5 Å². The van der Waals surface area contributed by atoms with E-state index in [4.69, 9.17) is 5.11 Å². The first-order valence-corrected chi connectivity index (χ1v) is 8.45. The molecule has 2 N–H and O–H groups in total. The van der Waals surface area contributed by atoms with Crippen LogP contribution in [0.3, 0.4) is 0 Å². The second kappa shape index (κ2) is 7.39. The van der Waals surface area contributed by atoms with Gasteiger partial charge in [0.1, 0.15) is 0 Å². The summed E-state index contributed by atoms with van der Waals surface area (Å²) in [5, 5.41) is 11.9. The Labute approximate surface area is 151 Å². The molecular weight excluding hydrogens is 332 g/mol. The zero-order valence-corrected chi connectivity index (χ0v) is 14.4. The minimum Gasteiger partial charge on any atom is -0.481 e. The molecule has 1 unspecified atom stereocenters. The Hall–Kier alpha value is -3.15. The third kappa shape index (κ3) is 3.74. The van der Waals surface area contributed by atoms with Crippen LogP contribution in [0.2, 0.25) is 0 Å². The van der Waals surface area contributed by atoms with Crippen molar-refractivity contribution < 1.29 is 19.5 Å². The van der Waals surface area contributed by atoms with E-state index in [2.05, 4.69) is 5.32 Å². The smallest absolute Gasteiger partial charge is 0.308 e. The SMILES string of the molecule is Cc1ccc(C(=O)N2CCC(C(=O)O)C2)cc1NC(=O)c1ccccc1. The second-order valence-electron chi connectivity index (χ2n) is 6.42. The molecule has 0 saturated carbocycles. The average Bonchev–Trinajstić information content (AvgIpc) is 3.14. The molecule has 0 aromatic heterocycles. The molecule has 1 aliphatic heterocycles. The highest BCUT2D eigenvalue weighted by molar-refractivity contribution is 6.05. The Kier molecular flexibility index (Phi) is 5.02. The van der Waals surface area contributed by atoms with Gasteiger partial charge in [0.2, 0.25) is 0 Å². The Morgan fingerprint density at radius 2 is 1.81 bits per heavy atom. The monoisotopic (exact) mass is 352 g/mol. The lowest BCUT2D eigenvalue weighted by Crippen LogP contribution is -2.30. The van der Waals surface area contributed by atoms with Gasteiger partial charge >= 0.3 is 5.97 Å². The lowest BCUT2D eigenvalue weighted by atomic mass is 10.1. The molecule has 2 aromatic rings. The second-order valence-corrected chi connectivity index (χ2v) is 6.42. The first kappa shape index (κ1) is 17.7. The maximum absolute atomic E-state index is 12.7. The van der Waals surface area contributed by atoms with Crippen molar-refractivity contribution in [1.29, 1.82) is 0 Å². The molecule has 1 aliphatic rings. The zero-order chi connectivity index (χ0) is 18.7. The summed E-state index contributed by atoms with van der Waals surface area (Å²) in [5.74, 6) is -1.85. The normalized spacial score (nSPS) is 16.3. The van der Waals surface area contributed by atoms with Gasteiger partial charge in [-0.3, -0.25) is 14.4 Å². The van der Waals surface area contributed by atoms with Crippen molar-refractivity contribution in [2.24, 2.45) is 5.92 Å². The van der Waals surface area contributed by atoms with Gasteiger partial charge in [-0.05, 0) is 43.2 Å². The topological polar surface area (TPSA) is 86.7 Å². The molecule has 0 radical (unpaired) electrons. The molecule has 3 rings (SSSR count). The number of carboxylic acid groups (broad SMARTS) is 1. The lowest BCUT2D eigenvalue weighted by molar-refractivity contribution is -0.141. The van der Waals surface area contributed by atoms with Crippen molar-refractivity contribution in [2.75, 3.05) is 18.4 Å². The van der Waals surface area contributed by atoms with E-state index in [9.17, 15) is 14.4 Å². The number of aliphatic carboxylic acids is 1. The summed E-state index contributed by atoms with van der Waals surface area (Å²) >= 11 is 0. The van der Waals surface area contributed by atoms with Crippen LogP contribution in [0.1, 0.15) is 32.7 Å². The van der Waals surface area contributed by atoms with E-state index in [-0.39, 0.29) is 18.4 Å². The summed E-state index contributed by atoms with van der Waals surface area (Å²) in [4.78, 5) is 37.6. The fourth-order valence-electron chi connectivity index (χ4n) is 3.00. The standard InChI is InChI=1S/C20H20N2O4/c1-13-7-8-15(19(24)22-10-9-16(12-22)20(25)26)11-17(13)21-18(23)14-5-3-2-4-6-14/h2-8,11,16H,9-10,12H2,1H3,(H,21,23)(H,25,26). The Bertz CT molecular complexity index is 848. The van der Waals surface area contributed by atoms with E-state index in [1.54, 1.807) is 47.4 Å². The van der Waals surface area contributed by atoms with Crippen molar-refractivity contribution in [3.05, 3.63) is 65.2 Å². The first-order valence-electron chi connectivity index (χ1n) is 8.45. The Balaban J connectivity index is 1.76. The minimum absolute atomic E-state index is 0.216. The Morgan fingerprint density at radius 3 is 2.46 bits per heavy atom. The molecule has 1 heterocycles. The minimum atomic E-state index is -0.875. The third-order valence-corrected chi connectivity index (χ3v) is 4.59. The number of rotatable bonds is 4. The van der Waals surface area contributed by atoms with E-state index >= 15 is 0 Å². The van der Waals surface area contributed by atoms with Gasteiger partial charge in [-0.15, -0.1) is 0 Å². The predicted molar refractivity (Wildman–Crippen MR) is 97.2 cm³/mol. The van der Waals surface area contributed by atoms with Gasteiger partial charge in [0.25, 0.3) is 11.8 Å². The van der Waals surface area contributed by atoms with Gasteiger partial charge in [-0.1, -0.05) is 24.3 Å². The first-order chi connectivity index (χ1) is 12.5. The summed E-state index contributed by atoms with van der Waals surface area (Å²) in [7, 11) is 0. The molecule has 0 aliphatic carbocycles. The number of carbonyl (C=O) groups is 3.